The molecule has 0 spiro atoms. The largest absolute Gasteiger partial charge is 0.413 e. The first-order valence-electron chi connectivity index (χ1n) is 11.1. The normalized spacial score (nSPS) is 31.9. The molecule has 2 rings (SSSR count). The zero-order valence-electron chi connectivity index (χ0n) is 18.7. The highest BCUT2D eigenvalue weighted by molar-refractivity contribution is 6.69. The van der Waals surface area contributed by atoms with E-state index < -0.39 is 8.32 Å². The zero-order valence-corrected chi connectivity index (χ0v) is 19.7. The van der Waals surface area contributed by atoms with Gasteiger partial charge in [0.15, 0.2) is 8.32 Å². The van der Waals surface area contributed by atoms with Gasteiger partial charge in [0.2, 0.25) is 0 Å². The Morgan fingerprint density at radius 2 is 1.77 bits per heavy atom. The summed E-state index contributed by atoms with van der Waals surface area (Å²) in [6.45, 7) is 16.5. The summed E-state index contributed by atoms with van der Waals surface area (Å²) in [5, 5.41) is 0. The fraction of sp³-hybridized carbons (Fsp3) is 0.917. The molecular formula is C24H44OSi. The molecule has 2 heteroatoms. The van der Waals surface area contributed by atoms with Crippen molar-refractivity contribution in [2.75, 3.05) is 0 Å². The van der Waals surface area contributed by atoms with Crippen molar-refractivity contribution in [2.24, 2.45) is 22.7 Å². The monoisotopic (exact) mass is 376 g/mol. The van der Waals surface area contributed by atoms with Gasteiger partial charge in [0.05, 0.1) is 5.60 Å². The molecule has 0 aromatic heterocycles. The lowest BCUT2D eigenvalue weighted by Crippen LogP contribution is -2.41. The van der Waals surface area contributed by atoms with Crippen molar-refractivity contribution < 1.29 is 4.43 Å². The molecule has 0 aromatic rings. The van der Waals surface area contributed by atoms with Gasteiger partial charge in [0, 0.05) is 6.42 Å². The Hall–Kier alpha value is -0.263. The third-order valence-corrected chi connectivity index (χ3v) is 8.67. The highest BCUT2D eigenvalue weighted by Crippen LogP contribution is 2.62. The Balaban J connectivity index is 2.04. The number of fused-ring (bicyclic) bond motifs is 1. The first-order valence-corrected chi connectivity index (χ1v) is 14.5. The van der Waals surface area contributed by atoms with Crippen LogP contribution in [0.5, 0.6) is 0 Å². The van der Waals surface area contributed by atoms with Crippen LogP contribution in [-0.2, 0) is 4.43 Å². The van der Waals surface area contributed by atoms with Crippen LogP contribution in [0, 0.1) is 35.0 Å². The van der Waals surface area contributed by atoms with Crippen LogP contribution >= 0.6 is 0 Å². The molecule has 0 saturated heterocycles. The average molecular weight is 377 g/mol. The minimum absolute atomic E-state index is 0.00548. The Morgan fingerprint density at radius 1 is 1.08 bits per heavy atom. The third-order valence-electron chi connectivity index (χ3n) is 7.51. The van der Waals surface area contributed by atoms with E-state index in [9.17, 15) is 0 Å². The van der Waals surface area contributed by atoms with Crippen molar-refractivity contribution in [3.8, 4) is 12.3 Å². The molecule has 1 nitrogen and oxygen atoms in total. The minimum atomic E-state index is -1.50. The molecule has 2 aliphatic rings. The van der Waals surface area contributed by atoms with Crippen molar-refractivity contribution in [3.05, 3.63) is 0 Å². The highest BCUT2D eigenvalue weighted by atomic mass is 28.4. The molecule has 2 fully saturated rings. The minimum Gasteiger partial charge on any atom is -0.413 e. The third kappa shape index (κ3) is 5.17. The first kappa shape index (κ1) is 22.0. The van der Waals surface area contributed by atoms with Crippen LogP contribution in [0.25, 0.3) is 0 Å². The molecule has 0 radical (unpaired) electrons. The second-order valence-electron chi connectivity index (χ2n) is 11.4. The lowest BCUT2D eigenvalue weighted by atomic mass is 9.56. The number of rotatable bonds is 8. The Bertz CT molecular complexity index is 511. The Labute approximate surface area is 165 Å². The maximum atomic E-state index is 6.43. The fourth-order valence-electron chi connectivity index (χ4n) is 6.62. The van der Waals surface area contributed by atoms with Crippen molar-refractivity contribution >= 4 is 8.32 Å². The van der Waals surface area contributed by atoms with Gasteiger partial charge < -0.3 is 4.43 Å². The average Bonchev–Trinajstić information content (AvgIpc) is 2.82. The molecule has 0 amide bonds. The van der Waals surface area contributed by atoms with Crippen molar-refractivity contribution in [1.82, 2.24) is 0 Å². The van der Waals surface area contributed by atoms with Gasteiger partial charge in [-0.15, -0.1) is 12.3 Å². The van der Waals surface area contributed by atoms with Crippen molar-refractivity contribution in [2.45, 2.75) is 117 Å². The molecule has 2 saturated carbocycles. The molecule has 0 heterocycles. The maximum Gasteiger partial charge on any atom is 0.184 e. The summed E-state index contributed by atoms with van der Waals surface area (Å²) in [5.41, 5.74) is 0.827. The molecule has 0 aromatic carbocycles. The molecule has 26 heavy (non-hydrogen) atoms. The van der Waals surface area contributed by atoms with Crippen molar-refractivity contribution in [3.63, 3.8) is 0 Å². The molecule has 4 atom stereocenters. The molecule has 0 aliphatic heterocycles. The smallest absolute Gasteiger partial charge is 0.184 e. The number of terminal acetylenes is 1. The van der Waals surface area contributed by atoms with E-state index in [1.807, 2.05) is 0 Å². The van der Waals surface area contributed by atoms with Crippen LogP contribution in [0.2, 0.25) is 19.6 Å². The lowest BCUT2D eigenvalue weighted by Gasteiger charge is -2.48. The van der Waals surface area contributed by atoms with E-state index in [1.165, 1.54) is 51.4 Å². The van der Waals surface area contributed by atoms with E-state index in [2.05, 4.69) is 53.3 Å². The van der Waals surface area contributed by atoms with Crippen LogP contribution in [0.15, 0.2) is 0 Å². The molecular weight excluding hydrogens is 332 g/mol. The summed E-state index contributed by atoms with van der Waals surface area (Å²) >= 11 is 0. The van der Waals surface area contributed by atoms with E-state index in [0.717, 1.165) is 24.7 Å². The first-order chi connectivity index (χ1) is 11.9. The van der Waals surface area contributed by atoms with Gasteiger partial charge in [-0.3, -0.25) is 0 Å². The topological polar surface area (TPSA) is 9.23 Å². The van der Waals surface area contributed by atoms with E-state index in [1.54, 1.807) is 0 Å². The van der Waals surface area contributed by atoms with Crippen LogP contribution < -0.4 is 0 Å². The Kier molecular flexibility index (Phi) is 6.78. The fourth-order valence-corrected chi connectivity index (χ4v) is 8.38. The zero-order chi connectivity index (χ0) is 19.6. The molecule has 0 N–H and O–H groups in total. The molecule has 3 unspecified atom stereocenters. The summed E-state index contributed by atoms with van der Waals surface area (Å²) in [5.74, 6) is 4.81. The maximum absolute atomic E-state index is 6.43. The summed E-state index contributed by atoms with van der Waals surface area (Å²) in [7, 11) is -1.50. The lowest BCUT2D eigenvalue weighted by molar-refractivity contribution is 0.00926. The van der Waals surface area contributed by atoms with E-state index in [0.29, 0.717) is 10.8 Å². The van der Waals surface area contributed by atoms with Gasteiger partial charge in [-0.05, 0) is 94.7 Å². The van der Waals surface area contributed by atoms with Crippen LogP contribution in [0.4, 0.5) is 0 Å². The van der Waals surface area contributed by atoms with Gasteiger partial charge in [0.1, 0.15) is 0 Å². The number of hydrogen-bond donors (Lipinski definition) is 0. The molecule has 150 valence electrons. The van der Waals surface area contributed by atoms with Gasteiger partial charge >= 0.3 is 0 Å². The highest BCUT2D eigenvalue weighted by Gasteiger charge is 2.53. The predicted molar refractivity (Wildman–Crippen MR) is 117 cm³/mol. The van der Waals surface area contributed by atoms with Crippen molar-refractivity contribution in [1.29, 1.82) is 0 Å². The standard InChI is InChI=1S/C24H44OSi/c1-9-16-23(4,18-12-17-22(2,3)25-26(6,7)8)21-15-14-20-13-10-11-19-24(20,21)5/h1,20-21H,10-19H2,2-8H3/t20?,21?,23-,24?/m1/s1. The van der Waals surface area contributed by atoms with Crippen LogP contribution in [0.1, 0.15) is 91.9 Å². The summed E-state index contributed by atoms with van der Waals surface area (Å²) < 4.78 is 6.43. The predicted octanol–water partition coefficient (Wildman–Crippen LogP) is 7.42. The van der Waals surface area contributed by atoms with E-state index >= 15 is 0 Å². The van der Waals surface area contributed by atoms with Gasteiger partial charge in [-0.2, -0.15) is 0 Å². The summed E-state index contributed by atoms with van der Waals surface area (Å²) in [6.07, 6.45) is 19.0. The summed E-state index contributed by atoms with van der Waals surface area (Å²) in [4.78, 5) is 0. The van der Waals surface area contributed by atoms with Gasteiger partial charge in [-0.1, -0.05) is 33.1 Å². The molecule has 0 bridgehead atoms. The Morgan fingerprint density at radius 3 is 2.38 bits per heavy atom. The molecule has 2 aliphatic carbocycles. The van der Waals surface area contributed by atoms with Gasteiger partial charge in [0.25, 0.3) is 0 Å². The van der Waals surface area contributed by atoms with E-state index in [-0.39, 0.29) is 5.60 Å². The van der Waals surface area contributed by atoms with Crippen LogP contribution in [0.3, 0.4) is 0 Å². The summed E-state index contributed by atoms with van der Waals surface area (Å²) in [6, 6.07) is 0. The van der Waals surface area contributed by atoms with Gasteiger partial charge in [-0.25, -0.2) is 0 Å². The van der Waals surface area contributed by atoms with Crippen LogP contribution in [-0.4, -0.2) is 13.9 Å². The quantitative estimate of drug-likeness (QED) is 0.316. The number of hydrogen-bond acceptors (Lipinski definition) is 1. The second-order valence-corrected chi connectivity index (χ2v) is 15.9. The van der Waals surface area contributed by atoms with E-state index in [4.69, 9.17) is 10.8 Å². The SMILES string of the molecule is C#CC[C@](C)(CCCC(C)(C)O[Si](C)(C)C)C1CCC2CCCCC21C. The second kappa shape index (κ2) is 8.00.